The predicted octanol–water partition coefficient (Wildman–Crippen LogP) is 4.43. The summed E-state index contributed by atoms with van der Waals surface area (Å²) in [5.74, 6) is 1.46. The first-order valence-corrected chi connectivity index (χ1v) is 9.93. The molecule has 1 saturated heterocycles. The van der Waals surface area contributed by atoms with Crippen LogP contribution in [0.25, 0.3) is 11.0 Å². The van der Waals surface area contributed by atoms with Gasteiger partial charge >= 0.3 is 0 Å². The number of pyridine rings is 2. The Kier molecular flexibility index (Phi) is 6.36. The zero-order chi connectivity index (χ0) is 18.8. The maximum absolute atomic E-state index is 13.6. The highest BCUT2D eigenvalue weighted by molar-refractivity contribution is 7.99. The van der Waals surface area contributed by atoms with Gasteiger partial charge < -0.3 is 10.2 Å². The number of halogens is 2. The Labute approximate surface area is 173 Å². The number of aryl methyl sites for hydroxylation is 1. The smallest absolute Gasteiger partial charge is 0.257 e. The monoisotopic (exact) mass is 418 g/mol. The summed E-state index contributed by atoms with van der Waals surface area (Å²) in [7, 11) is 0. The topological polar surface area (TPSA) is 58.1 Å². The van der Waals surface area contributed by atoms with E-state index >= 15 is 0 Å². The third-order valence-electron chi connectivity index (χ3n) is 4.49. The van der Waals surface area contributed by atoms with E-state index < -0.39 is 0 Å². The van der Waals surface area contributed by atoms with Crippen LogP contribution in [-0.4, -0.2) is 45.4 Å². The van der Waals surface area contributed by atoms with E-state index in [0.717, 1.165) is 22.6 Å². The molecule has 146 valence electrons. The maximum Gasteiger partial charge on any atom is 0.257 e. The molecule has 2 aromatic heterocycles. The zero-order valence-electron chi connectivity index (χ0n) is 15.3. The van der Waals surface area contributed by atoms with Crippen molar-refractivity contribution >= 4 is 52.5 Å². The summed E-state index contributed by atoms with van der Waals surface area (Å²) in [5.41, 5.74) is 3.07. The molecule has 1 fully saturated rings. The van der Waals surface area contributed by atoms with E-state index in [9.17, 15) is 9.18 Å². The minimum Gasteiger partial charge on any atom is -0.354 e. The number of hydrogen-bond donors (Lipinski definition) is 1. The molecule has 4 rings (SSSR count). The molecule has 0 spiro atoms. The van der Waals surface area contributed by atoms with E-state index in [2.05, 4.69) is 15.3 Å². The highest BCUT2D eigenvalue weighted by Gasteiger charge is 2.23. The van der Waals surface area contributed by atoms with Gasteiger partial charge in [-0.25, -0.2) is 14.4 Å². The van der Waals surface area contributed by atoms with Crippen LogP contribution in [0.1, 0.15) is 16.1 Å². The summed E-state index contributed by atoms with van der Waals surface area (Å²) in [4.78, 5) is 23.8. The van der Waals surface area contributed by atoms with Gasteiger partial charge in [0.1, 0.15) is 5.82 Å². The molecule has 0 aliphatic carbocycles. The summed E-state index contributed by atoms with van der Waals surface area (Å²) in [6.07, 6.45) is 1.57. The number of hydrogen-bond acceptors (Lipinski definition) is 5. The largest absolute Gasteiger partial charge is 0.354 e. The molecule has 1 N–H and O–H groups in total. The van der Waals surface area contributed by atoms with Crippen LogP contribution < -0.4 is 5.32 Å². The Bertz CT molecular complexity index is 1010. The molecule has 3 aromatic rings. The van der Waals surface area contributed by atoms with Gasteiger partial charge in [-0.3, -0.25) is 4.79 Å². The van der Waals surface area contributed by atoms with Gasteiger partial charge in [-0.15, -0.1) is 12.4 Å². The zero-order valence-corrected chi connectivity index (χ0v) is 16.9. The lowest BCUT2D eigenvalue weighted by Gasteiger charge is -2.27. The first-order valence-electron chi connectivity index (χ1n) is 8.78. The Morgan fingerprint density at radius 2 is 2.00 bits per heavy atom. The molecular weight excluding hydrogens is 399 g/mol. The maximum atomic E-state index is 13.6. The quantitative estimate of drug-likeness (QED) is 0.681. The number of rotatable bonds is 3. The molecule has 1 amide bonds. The van der Waals surface area contributed by atoms with Crippen LogP contribution in [0.3, 0.4) is 0 Å². The molecule has 0 saturated carbocycles. The molecule has 0 atom stereocenters. The van der Waals surface area contributed by atoms with Gasteiger partial charge in [0.2, 0.25) is 0 Å². The second-order valence-electron chi connectivity index (χ2n) is 6.41. The van der Waals surface area contributed by atoms with Crippen molar-refractivity contribution in [3.05, 3.63) is 59.7 Å². The standard InChI is InChI=1S/C20H19FN4OS.ClH/c1-13-5-6-16-18(24-15-4-2-3-14(21)11-15)17(12-22-19(16)23-13)20(26)25-7-9-27-10-8-25;/h2-6,11-12H,7-10H2,1H3,(H,22,23,24);1H. The number of benzene rings is 1. The van der Waals surface area contributed by atoms with Gasteiger partial charge in [-0.05, 0) is 37.3 Å². The number of amides is 1. The fraction of sp³-hybridized carbons (Fsp3) is 0.250. The summed E-state index contributed by atoms with van der Waals surface area (Å²) in [6.45, 7) is 3.32. The minimum atomic E-state index is -0.340. The molecule has 28 heavy (non-hydrogen) atoms. The number of nitrogens with one attached hydrogen (secondary N) is 1. The minimum absolute atomic E-state index is 0. The lowest BCUT2D eigenvalue weighted by atomic mass is 10.1. The highest BCUT2D eigenvalue weighted by Crippen LogP contribution is 2.30. The number of nitrogens with zero attached hydrogens (tertiary/aromatic N) is 3. The lowest BCUT2D eigenvalue weighted by Crippen LogP contribution is -2.38. The van der Waals surface area contributed by atoms with E-state index in [0.29, 0.717) is 35.7 Å². The van der Waals surface area contributed by atoms with Gasteiger partial charge in [-0.2, -0.15) is 11.8 Å². The second-order valence-corrected chi connectivity index (χ2v) is 7.64. The molecule has 8 heteroatoms. The summed E-state index contributed by atoms with van der Waals surface area (Å²) < 4.78 is 13.6. The SMILES string of the molecule is Cc1ccc2c(Nc3cccc(F)c3)c(C(=O)N3CCSCC3)cnc2n1.Cl. The molecular formula is C20H20ClFN4OS. The summed E-state index contributed by atoms with van der Waals surface area (Å²) >= 11 is 1.85. The van der Waals surface area contributed by atoms with Crippen LogP contribution in [0.5, 0.6) is 0 Å². The first-order chi connectivity index (χ1) is 13.1. The molecule has 1 aliphatic rings. The molecule has 0 radical (unpaired) electrons. The van der Waals surface area contributed by atoms with Crippen molar-refractivity contribution in [2.75, 3.05) is 29.9 Å². The molecule has 0 unspecified atom stereocenters. The van der Waals surface area contributed by atoms with Crippen molar-refractivity contribution in [2.24, 2.45) is 0 Å². The first kappa shape index (κ1) is 20.4. The summed E-state index contributed by atoms with van der Waals surface area (Å²) in [6, 6.07) is 9.97. The third-order valence-corrected chi connectivity index (χ3v) is 5.43. The number of aromatic nitrogens is 2. The molecule has 1 aromatic carbocycles. The molecule has 1 aliphatic heterocycles. The number of thioether (sulfide) groups is 1. The van der Waals surface area contributed by atoms with Crippen molar-refractivity contribution in [3.63, 3.8) is 0 Å². The normalized spacial score (nSPS) is 13.9. The van der Waals surface area contributed by atoms with Gasteiger partial charge in [0.15, 0.2) is 5.65 Å². The Balaban J connectivity index is 0.00000225. The van der Waals surface area contributed by atoms with Crippen molar-refractivity contribution in [3.8, 4) is 0 Å². The number of carbonyl (C=O) groups excluding carboxylic acids is 1. The highest BCUT2D eigenvalue weighted by atomic mass is 35.5. The van der Waals surface area contributed by atoms with E-state index in [4.69, 9.17) is 0 Å². The van der Waals surface area contributed by atoms with E-state index in [1.165, 1.54) is 12.1 Å². The molecule has 5 nitrogen and oxygen atoms in total. The molecule has 0 bridgehead atoms. The molecule has 3 heterocycles. The van der Waals surface area contributed by atoms with Crippen molar-refractivity contribution in [2.45, 2.75) is 6.92 Å². The van der Waals surface area contributed by atoms with Gasteiger partial charge in [0.25, 0.3) is 5.91 Å². The van der Waals surface area contributed by atoms with E-state index in [-0.39, 0.29) is 24.1 Å². The lowest BCUT2D eigenvalue weighted by molar-refractivity contribution is 0.0773. The number of fused-ring (bicyclic) bond motifs is 1. The van der Waals surface area contributed by atoms with Gasteiger partial charge in [-0.1, -0.05) is 6.07 Å². The van der Waals surface area contributed by atoms with Crippen LogP contribution in [0.4, 0.5) is 15.8 Å². The predicted molar refractivity (Wildman–Crippen MR) is 114 cm³/mol. The van der Waals surface area contributed by atoms with Crippen molar-refractivity contribution in [1.29, 1.82) is 0 Å². The van der Waals surface area contributed by atoms with Crippen LogP contribution in [-0.2, 0) is 0 Å². The Hall–Kier alpha value is -2.38. The van der Waals surface area contributed by atoms with Crippen LogP contribution in [0, 0.1) is 12.7 Å². The van der Waals surface area contributed by atoms with Crippen LogP contribution in [0.15, 0.2) is 42.6 Å². The van der Waals surface area contributed by atoms with Crippen LogP contribution in [0.2, 0.25) is 0 Å². The average molecular weight is 419 g/mol. The second kappa shape index (κ2) is 8.75. The van der Waals surface area contributed by atoms with Crippen molar-refractivity contribution in [1.82, 2.24) is 14.9 Å². The number of carbonyl (C=O) groups is 1. The fourth-order valence-corrected chi connectivity index (χ4v) is 4.02. The van der Waals surface area contributed by atoms with Gasteiger partial charge in [0, 0.05) is 47.6 Å². The van der Waals surface area contributed by atoms with E-state index in [1.807, 2.05) is 35.7 Å². The Morgan fingerprint density at radius 3 is 2.75 bits per heavy atom. The van der Waals surface area contributed by atoms with Crippen molar-refractivity contribution < 1.29 is 9.18 Å². The van der Waals surface area contributed by atoms with E-state index in [1.54, 1.807) is 18.3 Å². The third kappa shape index (κ3) is 4.20. The Morgan fingerprint density at radius 1 is 1.21 bits per heavy atom. The van der Waals surface area contributed by atoms with Crippen LogP contribution >= 0.6 is 24.2 Å². The van der Waals surface area contributed by atoms with Gasteiger partial charge in [0.05, 0.1) is 11.3 Å². The average Bonchev–Trinajstić information content (AvgIpc) is 2.68. The summed E-state index contributed by atoms with van der Waals surface area (Å²) in [5, 5.41) is 3.96. The fourth-order valence-electron chi connectivity index (χ4n) is 3.12. The number of anilines is 2.